The third-order valence-corrected chi connectivity index (χ3v) is 10.0. The summed E-state index contributed by atoms with van der Waals surface area (Å²) in [7, 11) is 0. The molecule has 4 aromatic rings. The third kappa shape index (κ3) is 7.06. The van der Waals surface area contributed by atoms with Gasteiger partial charge in [0.15, 0.2) is 5.65 Å². The molecule has 7 rings (SSSR count). The summed E-state index contributed by atoms with van der Waals surface area (Å²) >= 11 is 6.35. The van der Waals surface area contributed by atoms with Crippen LogP contribution in [0.15, 0.2) is 42.9 Å². The highest BCUT2D eigenvalue weighted by Crippen LogP contribution is 2.35. The van der Waals surface area contributed by atoms with Gasteiger partial charge in [0.2, 0.25) is 5.91 Å². The number of carbonyl (C=O) groups is 4. The van der Waals surface area contributed by atoms with Gasteiger partial charge in [0, 0.05) is 69.2 Å². The van der Waals surface area contributed by atoms with Crippen LogP contribution in [0.25, 0.3) is 16.9 Å². The van der Waals surface area contributed by atoms with E-state index in [0.29, 0.717) is 61.8 Å². The second kappa shape index (κ2) is 14.7. The highest BCUT2D eigenvalue weighted by atomic mass is 35.5. The van der Waals surface area contributed by atoms with Crippen molar-refractivity contribution in [3.63, 3.8) is 0 Å². The number of primary amides is 1. The molecule has 0 saturated carbocycles. The number of imide groups is 1. The zero-order valence-corrected chi connectivity index (χ0v) is 28.7. The number of nitrogens with zero attached hydrogens (tertiary/aromatic N) is 8. The lowest BCUT2D eigenvalue weighted by atomic mass is 9.96. The van der Waals surface area contributed by atoms with Crippen molar-refractivity contribution >= 4 is 46.7 Å². The van der Waals surface area contributed by atoms with E-state index in [1.54, 1.807) is 40.0 Å². The van der Waals surface area contributed by atoms with Crippen LogP contribution in [0.5, 0.6) is 0 Å². The second-order valence-electron chi connectivity index (χ2n) is 13.0. The number of likely N-dealkylation sites (tertiary alicyclic amines) is 2. The molecule has 0 spiro atoms. The molecular formula is C35H35ClF2N10O4. The number of amides is 5. The molecule has 1 aromatic carbocycles. The number of benzene rings is 1. The average Bonchev–Trinajstić information content (AvgIpc) is 3.75. The maximum atomic E-state index is 14.2. The first-order chi connectivity index (χ1) is 25.1. The molecule has 0 atom stereocenters. The number of nitrogens with one attached hydrogen (secondary N) is 1. The number of hydrogen-bond donors (Lipinski definition) is 2. The summed E-state index contributed by atoms with van der Waals surface area (Å²) in [5.41, 5.74) is 6.18. The zero-order chi connectivity index (χ0) is 36.5. The van der Waals surface area contributed by atoms with Crippen molar-refractivity contribution in [2.24, 2.45) is 11.7 Å². The lowest BCUT2D eigenvalue weighted by Crippen LogP contribution is -2.49. The number of nitrogens with two attached hydrogens (primary N) is 1. The Morgan fingerprint density at radius 1 is 1.06 bits per heavy atom. The molecule has 3 N–H and O–H groups in total. The number of alkyl halides is 2. The molecular weight excluding hydrogens is 698 g/mol. The quantitative estimate of drug-likeness (QED) is 0.270. The number of fused-ring (bicyclic) bond motifs is 1. The van der Waals surface area contributed by atoms with Crippen LogP contribution in [0.2, 0.25) is 5.02 Å². The van der Waals surface area contributed by atoms with Crippen LogP contribution < -0.4 is 16.0 Å². The first-order valence-electron chi connectivity index (χ1n) is 17.0. The first-order valence-corrected chi connectivity index (χ1v) is 17.4. The van der Waals surface area contributed by atoms with Crippen molar-refractivity contribution in [2.45, 2.75) is 44.6 Å². The Morgan fingerprint density at radius 2 is 1.83 bits per heavy atom. The van der Waals surface area contributed by atoms with E-state index in [0.717, 1.165) is 12.8 Å². The molecule has 3 aliphatic heterocycles. The first kappa shape index (κ1) is 35.0. The molecule has 3 aliphatic rings. The topological polar surface area (TPSA) is 164 Å². The summed E-state index contributed by atoms with van der Waals surface area (Å²) < 4.78 is 31.2. The molecule has 6 heterocycles. The predicted octanol–water partition coefficient (Wildman–Crippen LogP) is 3.92. The van der Waals surface area contributed by atoms with E-state index >= 15 is 0 Å². The fourth-order valence-corrected chi connectivity index (χ4v) is 7.16. The van der Waals surface area contributed by atoms with E-state index in [-0.39, 0.29) is 59.2 Å². The van der Waals surface area contributed by atoms with Gasteiger partial charge in [-0.15, -0.1) is 0 Å². The lowest BCUT2D eigenvalue weighted by molar-refractivity contribution is -0.120. The Labute approximate surface area is 301 Å². The Balaban J connectivity index is 0.924. The molecule has 3 fully saturated rings. The summed E-state index contributed by atoms with van der Waals surface area (Å²) in [6, 6.07) is 5.74. The monoisotopic (exact) mass is 732 g/mol. The summed E-state index contributed by atoms with van der Waals surface area (Å²) in [6.45, 7) is 3.24. The normalized spacial score (nSPS) is 17.8. The summed E-state index contributed by atoms with van der Waals surface area (Å²) in [5.74, 6) is 5.49. The number of piperidine rings is 2. The maximum absolute atomic E-state index is 14.2. The third-order valence-electron chi connectivity index (χ3n) is 9.72. The van der Waals surface area contributed by atoms with Crippen LogP contribution in [0.4, 0.5) is 19.3 Å². The minimum Gasteiger partial charge on any atom is -0.365 e. The smallest absolute Gasteiger partial charge is 0.328 e. The van der Waals surface area contributed by atoms with Gasteiger partial charge in [-0.05, 0) is 49.9 Å². The SMILES string of the molecule is NC(=O)c1c(-c2cn(C3CCN(CC#CC4CCN(C(=O)c5ccc(Cl)c(N6CCC(=O)NC6=O)c5)CC4)CC3)nc2C(F)F)nn2cccnc12. The summed E-state index contributed by atoms with van der Waals surface area (Å²) in [6.07, 6.45) is 4.63. The van der Waals surface area contributed by atoms with E-state index in [2.05, 4.69) is 37.2 Å². The lowest BCUT2D eigenvalue weighted by Gasteiger charge is -2.31. The number of halogens is 3. The Morgan fingerprint density at radius 3 is 2.54 bits per heavy atom. The largest absolute Gasteiger partial charge is 0.365 e. The van der Waals surface area contributed by atoms with Crippen molar-refractivity contribution in [1.82, 2.24) is 39.5 Å². The molecule has 0 unspecified atom stereocenters. The number of anilines is 1. The van der Waals surface area contributed by atoms with E-state index in [9.17, 15) is 28.0 Å². The van der Waals surface area contributed by atoms with E-state index in [4.69, 9.17) is 17.3 Å². The molecule has 52 heavy (non-hydrogen) atoms. The zero-order valence-electron chi connectivity index (χ0n) is 28.0. The maximum Gasteiger partial charge on any atom is 0.328 e. The predicted molar refractivity (Wildman–Crippen MR) is 186 cm³/mol. The van der Waals surface area contributed by atoms with Crippen molar-refractivity contribution in [3.05, 3.63) is 64.7 Å². The minimum absolute atomic E-state index is 0.0257. The number of urea groups is 1. The standard InChI is InChI=1S/C35H35ClF2N10O4/c36-25-5-4-22(19-26(25)46-18-10-27(49)41-35(46)52)34(51)45-16-6-21(7-17-45)3-1-12-44-14-8-23(9-15-44)48-20-24(30(43-48)31(37)38)29-28(32(39)50)33-40-11-2-13-47(33)42-29/h2,4-5,11,13,19-21,23,31H,6-10,12,14-18H2,(H2,39,50)(H,41,49,52). The molecule has 3 saturated heterocycles. The van der Waals surface area contributed by atoms with E-state index in [1.165, 1.54) is 21.8 Å². The number of carbonyl (C=O) groups excluding carboxylic acids is 4. The van der Waals surface area contributed by atoms with Crippen LogP contribution in [0, 0.1) is 17.8 Å². The Hall–Kier alpha value is -5.40. The van der Waals surface area contributed by atoms with E-state index in [1.807, 2.05) is 0 Å². The Bertz CT molecular complexity index is 2110. The average molecular weight is 733 g/mol. The van der Waals surface area contributed by atoms with Crippen LogP contribution in [-0.2, 0) is 4.79 Å². The van der Waals surface area contributed by atoms with Crippen LogP contribution in [0.1, 0.15) is 71.0 Å². The van der Waals surface area contributed by atoms with Crippen molar-refractivity contribution in [2.75, 3.05) is 44.2 Å². The van der Waals surface area contributed by atoms with Crippen LogP contribution >= 0.6 is 11.6 Å². The minimum atomic E-state index is -2.89. The van der Waals surface area contributed by atoms with Gasteiger partial charge in [0.1, 0.15) is 17.0 Å². The van der Waals surface area contributed by atoms with Gasteiger partial charge in [0.25, 0.3) is 18.2 Å². The molecule has 5 amide bonds. The van der Waals surface area contributed by atoms with Crippen molar-refractivity contribution < 1.29 is 28.0 Å². The van der Waals surface area contributed by atoms with Gasteiger partial charge >= 0.3 is 6.03 Å². The molecule has 0 radical (unpaired) electrons. The number of hydrogen-bond acceptors (Lipinski definition) is 8. The van der Waals surface area contributed by atoms with Gasteiger partial charge in [0.05, 0.1) is 28.9 Å². The molecule has 3 aromatic heterocycles. The fourth-order valence-electron chi connectivity index (χ4n) is 6.94. The summed E-state index contributed by atoms with van der Waals surface area (Å²) in [4.78, 5) is 59.1. The van der Waals surface area contributed by atoms with Crippen molar-refractivity contribution in [3.8, 4) is 23.1 Å². The van der Waals surface area contributed by atoms with Gasteiger partial charge < -0.3 is 10.6 Å². The van der Waals surface area contributed by atoms with Gasteiger partial charge in [-0.3, -0.25) is 34.2 Å². The number of aromatic nitrogens is 5. The summed E-state index contributed by atoms with van der Waals surface area (Å²) in [5, 5.41) is 11.2. The van der Waals surface area contributed by atoms with E-state index < -0.39 is 24.1 Å². The fraction of sp³-hybridized carbons (Fsp3) is 0.400. The molecule has 0 aliphatic carbocycles. The van der Waals surface area contributed by atoms with Crippen LogP contribution in [-0.4, -0.2) is 97.2 Å². The van der Waals surface area contributed by atoms with Crippen molar-refractivity contribution in [1.29, 1.82) is 0 Å². The highest BCUT2D eigenvalue weighted by Gasteiger charge is 2.31. The van der Waals surface area contributed by atoms with Gasteiger partial charge in [-0.2, -0.15) is 10.2 Å². The van der Waals surface area contributed by atoms with Crippen LogP contribution in [0.3, 0.4) is 0 Å². The van der Waals surface area contributed by atoms with Gasteiger partial charge in [-0.1, -0.05) is 23.4 Å². The molecule has 14 nitrogen and oxygen atoms in total. The molecule has 17 heteroatoms. The molecule has 270 valence electrons. The number of rotatable bonds is 7. The van der Waals surface area contributed by atoms with Gasteiger partial charge in [-0.25, -0.2) is 23.1 Å². The highest BCUT2D eigenvalue weighted by molar-refractivity contribution is 6.34. The second-order valence-corrected chi connectivity index (χ2v) is 13.4. The Kier molecular flexibility index (Phi) is 9.89. The molecule has 0 bridgehead atoms.